The summed E-state index contributed by atoms with van der Waals surface area (Å²) in [6, 6.07) is 18.4. The highest BCUT2D eigenvalue weighted by Crippen LogP contribution is 2.21. The second-order valence-corrected chi connectivity index (χ2v) is 5.37. The molecule has 1 heterocycles. The maximum atomic E-state index is 11.7. The molecule has 1 N–H and O–H groups in total. The van der Waals surface area contributed by atoms with Crippen molar-refractivity contribution in [1.82, 2.24) is 5.16 Å². The zero-order valence-electron chi connectivity index (χ0n) is 14.1. The minimum atomic E-state index is -0.378. The van der Waals surface area contributed by atoms with Crippen molar-refractivity contribution in [3.8, 4) is 11.5 Å². The summed E-state index contributed by atoms with van der Waals surface area (Å²) >= 11 is 0. The number of nitrogens with zero attached hydrogens (tertiary/aromatic N) is 2. The van der Waals surface area contributed by atoms with Gasteiger partial charge in [0.15, 0.2) is 12.4 Å². The van der Waals surface area contributed by atoms with Gasteiger partial charge in [-0.1, -0.05) is 40.6 Å². The molecule has 132 valence electrons. The van der Waals surface area contributed by atoms with E-state index < -0.39 is 0 Å². The third-order valence-electron chi connectivity index (χ3n) is 3.20. The Morgan fingerprint density at radius 2 is 1.96 bits per heavy atom. The summed E-state index contributed by atoms with van der Waals surface area (Å²) in [4.78, 5) is 16.7. The smallest absolute Gasteiger partial charge is 0.266 e. The Morgan fingerprint density at radius 1 is 1.15 bits per heavy atom. The van der Waals surface area contributed by atoms with Gasteiger partial charge in [-0.2, -0.15) is 0 Å². The van der Waals surface area contributed by atoms with Crippen molar-refractivity contribution in [3.05, 3.63) is 72.0 Å². The molecule has 0 saturated carbocycles. The van der Waals surface area contributed by atoms with E-state index >= 15 is 0 Å². The van der Waals surface area contributed by atoms with Gasteiger partial charge in [0.1, 0.15) is 17.3 Å². The monoisotopic (exact) mass is 351 g/mol. The fourth-order valence-corrected chi connectivity index (χ4v) is 2.08. The van der Waals surface area contributed by atoms with Gasteiger partial charge < -0.3 is 19.4 Å². The van der Waals surface area contributed by atoms with E-state index in [4.69, 9.17) is 14.1 Å². The number of hydrogen-bond acceptors (Lipinski definition) is 6. The Hall–Kier alpha value is -3.61. The molecule has 0 fully saturated rings. The minimum Gasteiger partial charge on any atom is -0.457 e. The molecule has 1 amide bonds. The summed E-state index contributed by atoms with van der Waals surface area (Å²) in [5, 5.41) is 9.99. The second-order valence-electron chi connectivity index (χ2n) is 5.37. The third-order valence-corrected chi connectivity index (χ3v) is 3.20. The van der Waals surface area contributed by atoms with Crippen molar-refractivity contribution in [2.45, 2.75) is 6.92 Å². The third kappa shape index (κ3) is 5.20. The molecule has 0 unspecified atom stereocenters. The van der Waals surface area contributed by atoms with Gasteiger partial charge in [-0.05, 0) is 36.8 Å². The van der Waals surface area contributed by atoms with E-state index in [9.17, 15) is 4.79 Å². The molecule has 0 radical (unpaired) electrons. The van der Waals surface area contributed by atoms with E-state index in [2.05, 4.69) is 15.6 Å². The lowest BCUT2D eigenvalue weighted by molar-refractivity contribution is -0.120. The maximum absolute atomic E-state index is 11.7. The molecule has 0 aliphatic carbocycles. The van der Waals surface area contributed by atoms with Crippen molar-refractivity contribution >= 4 is 17.9 Å². The summed E-state index contributed by atoms with van der Waals surface area (Å²) in [5.74, 6) is 2.00. The van der Waals surface area contributed by atoms with Crippen molar-refractivity contribution < 1.29 is 18.9 Å². The van der Waals surface area contributed by atoms with Gasteiger partial charge in [0.2, 0.25) is 0 Å². The number of aryl methyl sites for hydroxylation is 1. The van der Waals surface area contributed by atoms with Gasteiger partial charge in [-0.3, -0.25) is 4.79 Å². The number of para-hydroxylation sites is 1. The molecule has 0 saturated heterocycles. The Bertz CT molecular complexity index is 891. The number of aromatic nitrogens is 1. The summed E-state index contributed by atoms with van der Waals surface area (Å²) in [5.41, 5.74) is 0.783. The lowest BCUT2D eigenvalue weighted by Crippen LogP contribution is -2.17. The lowest BCUT2D eigenvalue weighted by atomic mass is 10.2. The molecular weight excluding hydrogens is 334 g/mol. The molecule has 7 heteroatoms. The molecular formula is C19H17N3O4. The minimum absolute atomic E-state index is 0.234. The van der Waals surface area contributed by atoms with Gasteiger partial charge in [-0.25, -0.2) is 0 Å². The van der Waals surface area contributed by atoms with Crippen LogP contribution in [-0.4, -0.2) is 23.9 Å². The fraction of sp³-hybridized carbons (Fsp3) is 0.105. The van der Waals surface area contributed by atoms with Gasteiger partial charge >= 0.3 is 0 Å². The largest absolute Gasteiger partial charge is 0.457 e. The lowest BCUT2D eigenvalue weighted by Gasteiger charge is -2.05. The van der Waals surface area contributed by atoms with Crippen LogP contribution >= 0.6 is 0 Å². The van der Waals surface area contributed by atoms with E-state index in [1.54, 1.807) is 13.0 Å². The predicted octanol–water partition coefficient (Wildman–Crippen LogP) is 3.76. The molecule has 3 rings (SSSR count). The normalized spacial score (nSPS) is 10.7. The van der Waals surface area contributed by atoms with E-state index in [-0.39, 0.29) is 12.5 Å². The van der Waals surface area contributed by atoms with E-state index in [0.29, 0.717) is 17.3 Å². The van der Waals surface area contributed by atoms with Gasteiger partial charge in [0.05, 0.1) is 6.21 Å². The topological polar surface area (TPSA) is 86.0 Å². The van der Waals surface area contributed by atoms with Gasteiger partial charge in [-0.15, -0.1) is 0 Å². The number of anilines is 1. The summed E-state index contributed by atoms with van der Waals surface area (Å²) in [6.45, 7) is 1.50. The molecule has 26 heavy (non-hydrogen) atoms. The van der Waals surface area contributed by atoms with Crippen LogP contribution in [0.1, 0.15) is 11.3 Å². The van der Waals surface area contributed by atoms with Crippen molar-refractivity contribution in [2.24, 2.45) is 5.16 Å². The van der Waals surface area contributed by atoms with Crippen LogP contribution < -0.4 is 10.1 Å². The molecule has 0 spiro atoms. The van der Waals surface area contributed by atoms with Crippen LogP contribution in [0.15, 0.2) is 70.3 Å². The first kappa shape index (κ1) is 17.2. The first-order chi connectivity index (χ1) is 12.7. The number of ether oxygens (including phenoxy) is 1. The fourth-order valence-electron chi connectivity index (χ4n) is 2.08. The number of nitrogens with one attached hydrogen (secondary N) is 1. The van der Waals surface area contributed by atoms with Crippen LogP contribution in [0.25, 0.3) is 0 Å². The van der Waals surface area contributed by atoms with Crippen LogP contribution in [0, 0.1) is 6.92 Å². The molecule has 7 nitrogen and oxygen atoms in total. The summed E-state index contributed by atoms with van der Waals surface area (Å²) in [7, 11) is 0. The van der Waals surface area contributed by atoms with Gasteiger partial charge in [0, 0.05) is 6.07 Å². The zero-order valence-corrected chi connectivity index (χ0v) is 14.1. The average molecular weight is 351 g/mol. The number of carbonyl (C=O) groups is 1. The molecule has 0 aliphatic heterocycles. The molecule has 2 aromatic carbocycles. The van der Waals surface area contributed by atoms with Crippen LogP contribution in [0.2, 0.25) is 0 Å². The van der Waals surface area contributed by atoms with Crippen molar-refractivity contribution in [3.63, 3.8) is 0 Å². The first-order valence-electron chi connectivity index (χ1n) is 7.90. The average Bonchev–Trinajstić information content (AvgIpc) is 3.05. The highest BCUT2D eigenvalue weighted by atomic mass is 16.6. The Balaban J connectivity index is 1.49. The number of benzene rings is 2. The predicted molar refractivity (Wildman–Crippen MR) is 96.4 cm³/mol. The van der Waals surface area contributed by atoms with Crippen LogP contribution in [-0.2, 0) is 9.63 Å². The van der Waals surface area contributed by atoms with E-state index in [1.165, 1.54) is 6.21 Å². The van der Waals surface area contributed by atoms with E-state index in [0.717, 1.165) is 11.3 Å². The SMILES string of the molecule is Cc1cc(NC(=O)CO/N=C/c2cccc(Oc3ccccc3)c2)no1. The molecule has 0 aliphatic rings. The number of hydrogen-bond donors (Lipinski definition) is 1. The van der Waals surface area contributed by atoms with Crippen molar-refractivity contribution in [1.29, 1.82) is 0 Å². The van der Waals surface area contributed by atoms with Crippen molar-refractivity contribution in [2.75, 3.05) is 11.9 Å². The molecule has 1 aromatic heterocycles. The number of amides is 1. The second kappa shape index (κ2) is 8.48. The number of rotatable bonds is 7. The van der Waals surface area contributed by atoms with Crippen LogP contribution in [0.4, 0.5) is 5.82 Å². The molecule has 0 bridgehead atoms. The number of oxime groups is 1. The standard InChI is InChI=1S/C19H17N3O4/c1-14-10-18(22-26-14)21-19(23)13-24-20-12-15-6-5-9-17(11-15)25-16-7-3-2-4-8-16/h2-12H,13H2,1H3,(H,21,22,23)/b20-12+. The summed E-state index contributed by atoms with van der Waals surface area (Å²) < 4.78 is 10.6. The Labute approximate surface area is 150 Å². The maximum Gasteiger partial charge on any atom is 0.266 e. The Kier molecular flexibility index (Phi) is 5.61. The van der Waals surface area contributed by atoms with Gasteiger partial charge in [0.25, 0.3) is 5.91 Å². The first-order valence-corrected chi connectivity index (χ1v) is 7.90. The number of carbonyl (C=O) groups excluding carboxylic acids is 1. The highest BCUT2D eigenvalue weighted by Gasteiger charge is 2.06. The Morgan fingerprint density at radius 3 is 2.73 bits per heavy atom. The molecule has 3 aromatic rings. The highest BCUT2D eigenvalue weighted by molar-refractivity contribution is 5.90. The molecule has 0 atom stereocenters. The van der Waals surface area contributed by atoms with Crippen LogP contribution in [0.3, 0.4) is 0 Å². The van der Waals surface area contributed by atoms with Crippen LogP contribution in [0.5, 0.6) is 11.5 Å². The van der Waals surface area contributed by atoms with E-state index in [1.807, 2.05) is 54.6 Å². The summed E-state index contributed by atoms with van der Waals surface area (Å²) in [6.07, 6.45) is 1.51. The quantitative estimate of drug-likeness (QED) is 0.517. The zero-order chi connectivity index (χ0) is 18.2.